The number of aromatic nitrogens is 2. The fraction of sp³-hybridized carbons (Fsp3) is 0.125. The molecule has 6 heteroatoms. The Hall–Kier alpha value is -3.51. The van der Waals surface area contributed by atoms with E-state index in [1.807, 2.05) is 52.7 Å². The predicted molar refractivity (Wildman–Crippen MR) is 121 cm³/mol. The van der Waals surface area contributed by atoms with Gasteiger partial charge >= 0.3 is 0 Å². The molecule has 1 aliphatic heterocycles. The Balaban J connectivity index is 1.34. The number of fused-ring (bicyclic) bond motifs is 1. The van der Waals surface area contributed by atoms with E-state index in [1.54, 1.807) is 23.6 Å². The molecule has 2 aromatic carbocycles. The molecule has 0 radical (unpaired) electrons. The van der Waals surface area contributed by atoms with Crippen LogP contribution in [0.3, 0.4) is 0 Å². The summed E-state index contributed by atoms with van der Waals surface area (Å²) in [6.07, 6.45) is 2.58. The van der Waals surface area contributed by atoms with Gasteiger partial charge in [-0.05, 0) is 30.2 Å². The number of anilines is 2. The lowest BCUT2D eigenvalue weighted by Gasteiger charge is -2.19. The number of nitrogens with one attached hydrogen (secondary N) is 1. The summed E-state index contributed by atoms with van der Waals surface area (Å²) in [6, 6.07) is 21.8. The maximum atomic E-state index is 13.3. The Kier molecular flexibility index (Phi) is 4.99. The monoisotopic (exact) mass is 412 g/mol. The Bertz CT molecular complexity index is 1190. The second kappa shape index (κ2) is 8.08. The zero-order valence-electron chi connectivity index (χ0n) is 16.3. The smallest absolute Gasteiger partial charge is 0.262 e. The van der Waals surface area contributed by atoms with Crippen molar-refractivity contribution in [3.8, 4) is 10.6 Å². The summed E-state index contributed by atoms with van der Waals surface area (Å²) in [4.78, 5) is 24.2. The van der Waals surface area contributed by atoms with Crippen molar-refractivity contribution < 1.29 is 4.79 Å². The minimum Gasteiger partial charge on any atom is -0.364 e. The zero-order valence-corrected chi connectivity index (χ0v) is 17.1. The van der Waals surface area contributed by atoms with E-state index >= 15 is 0 Å². The number of benzene rings is 2. The maximum absolute atomic E-state index is 13.3. The Labute approximate surface area is 179 Å². The molecule has 1 aliphatic rings. The van der Waals surface area contributed by atoms with Gasteiger partial charge in [0.25, 0.3) is 5.91 Å². The number of amides is 1. The number of pyridine rings is 1. The van der Waals surface area contributed by atoms with Crippen molar-refractivity contribution in [1.82, 2.24) is 9.97 Å². The Morgan fingerprint density at radius 1 is 1.03 bits per heavy atom. The highest BCUT2D eigenvalue weighted by molar-refractivity contribution is 7.13. The van der Waals surface area contributed by atoms with Crippen LogP contribution in [0, 0.1) is 0 Å². The van der Waals surface area contributed by atoms with Crippen molar-refractivity contribution in [3.63, 3.8) is 0 Å². The minimum absolute atomic E-state index is 0.0289. The largest absolute Gasteiger partial charge is 0.364 e. The summed E-state index contributed by atoms with van der Waals surface area (Å²) in [5, 5.41) is 6.33. The highest BCUT2D eigenvalue weighted by atomic mass is 32.1. The van der Waals surface area contributed by atoms with Gasteiger partial charge in [0.1, 0.15) is 10.8 Å². The molecule has 5 nitrogen and oxygen atoms in total. The van der Waals surface area contributed by atoms with Crippen LogP contribution in [0.2, 0.25) is 0 Å². The van der Waals surface area contributed by atoms with Crippen LogP contribution in [-0.4, -0.2) is 22.4 Å². The van der Waals surface area contributed by atoms with Crippen molar-refractivity contribution in [3.05, 3.63) is 95.1 Å². The number of thiazole rings is 1. The molecule has 4 aromatic rings. The lowest BCUT2D eigenvalue weighted by Crippen LogP contribution is -2.29. The second-order valence-electron chi connectivity index (χ2n) is 7.10. The van der Waals surface area contributed by atoms with Gasteiger partial charge in [0, 0.05) is 29.4 Å². The molecule has 0 unspecified atom stereocenters. The average molecular weight is 413 g/mol. The number of nitrogens with zero attached hydrogens (tertiary/aromatic N) is 3. The molecule has 0 spiro atoms. The molecule has 1 amide bonds. The third-order valence-electron chi connectivity index (χ3n) is 5.18. The third-order valence-corrected chi connectivity index (χ3v) is 6.12. The first kappa shape index (κ1) is 18.5. The van der Waals surface area contributed by atoms with Crippen LogP contribution in [0.4, 0.5) is 11.5 Å². The first-order chi connectivity index (χ1) is 14.8. The van der Waals surface area contributed by atoms with Crippen LogP contribution in [0.1, 0.15) is 21.6 Å². The predicted octanol–water partition coefficient (Wildman–Crippen LogP) is 5.02. The van der Waals surface area contributed by atoms with Gasteiger partial charge in [-0.25, -0.2) is 9.97 Å². The highest BCUT2D eigenvalue weighted by Gasteiger charge is 2.27. The molecule has 0 fully saturated rings. The van der Waals surface area contributed by atoms with Gasteiger partial charge in [0.2, 0.25) is 0 Å². The molecule has 0 saturated heterocycles. The molecule has 2 aromatic heterocycles. The van der Waals surface area contributed by atoms with Crippen molar-refractivity contribution in [2.24, 2.45) is 0 Å². The number of hydrogen-bond acceptors (Lipinski definition) is 5. The fourth-order valence-corrected chi connectivity index (χ4v) is 4.51. The molecule has 0 saturated carbocycles. The summed E-state index contributed by atoms with van der Waals surface area (Å²) >= 11 is 1.61. The number of carbonyl (C=O) groups is 1. The summed E-state index contributed by atoms with van der Waals surface area (Å²) in [6.45, 7) is 1.20. The molecule has 0 aliphatic carbocycles. The van der Waals surface area contributed by atoms with Crippen LogP contribution < -0.4 is 10.2 Å². The van der Waals surface area contributed by atoms with Crippen molar-refractivity contribution >= 4 is 28.7 Å². The van der Waals surface area contributed by atoms with Crippen LogP contribution in [-0.2, 0) is 13.0 Å². The summed E-state index contributed by atoms with van der Waals surface area (Å²) in [5.74, 6) is 0.556. The van der Waals surface area contributed by atoms with Gasteiger partial charge in [-0.2, -0.15) is 0 Å². The SMILES string of the molecule is O=C(c1cccnc1NCc1csc(-c2ccccc2)n1)N1CCc2ccccc21. The highest BCUT2D eigenvalue weighted by Crippen LogP contribution is 2.30. The fourth-order valence-electron chi connectivity index (χ4n) is 3.69. The molecule has 148 valence electrons. The van der Waals surface area contributed by atoms with E-state index in [4.69, 9.17) is 4.98 Å². The van der Waals surface area contributed by atoms with E-state index in [0.29, 0.717) is 24.5 Å². The minimum atomic E-state index is -0.0289. The standard InChI is InChI=1S/C24H20N4OS/c29-24(28-14-12-17-7-4-5-11-21(17)28)20-10-6-13-25-22(20)26-15-19-16-30-23(27-19)18-8-2-1-3-9-18/h1-11,13,16H,12,14-15H2,(H,25,26). The summed E-state index contributed by atoms with van der Waals surface area (Å²) in [7, 11) is 0. The lowest BCUT2D eigenvalue weighted by atomic mass is 10.1. The molecule has 30 heavy (non-hydrogen) atoms. The number of hydrogen-bond donors (Lipinski definition) is 1. The van der Waals surface area contributed by atoms with Gasteiger partial charge in [0.05, 0.1) is 17.8 Å². The van der Waals surface area contributed by atoms with Crippen LogP contribution >= 0.6 is 11.3 Å². The maximum Gasteiger partial charge on any atom is 0.262 e. The first-order valence-corrected chi connectivity index (χ1v) is 10.8. The van der Waals surface area contributed by atoms with E-state index in [2.05, 4.69) is 28.5 Å². The van der Waals surface area contributed by atoms with Crippen molar-refractivity contribution in [2.45, 2.75) is 13.0 Å². The molecular weight excluding hydrogens is 392 g/mol. The normalized spacial score (nSPS) is 12.6. The number of carbonyl (C=O) groups excluding carboxylic acids is 1. The third kappa shape index (κ3) is 3.57. The first-order valence-electron chi connectivity index (χ1n) is 9.88. The summed E-state index contributed by atoms with van der Waals surface area (Å²) < 4.78 is 0. The lowest BCUT2D eigenvalue weighted by molar-refractivity contribution is 0.0990. The molecule has 5 rings (SSSR count). The van der Waals surface area contributed by atoms with E-state index in [0.717, 1.165) is 28.4 Å². The Morgan fingerprint density at radius 3 is 2.77 bits per heavy atom. The van der Waals surface area contributed by atoms with Crippen molar-refractivity contribution in [2.75, 3.05) is 16.8 Å². The molecule has 0 atom stereocenters. The van der Waals surface area contributed by atoms with Gasteiger partial charge in [-0.1, -0.05) is 48.5 Å². The molecule has 3 heterocycles. The van der Waals surface area contributed by atoms with Gasteiger partial charge in [-0.3, -0.25) is 4.79 Å². The van der Waals surface area contributed by atoms with Gasteiger partial charge in [-0.15, -0.1) is 11.3 Å². The van der Waals surface area contributed by atoms with Crippen LogP contribution in [0.5, 0.6) is 0 Å². The quantitative estimate of drug-likeness (QED) is 0.500. The van der Waals surface area contributed by atoms with E-state index < -0.39 is 0 Å². The molecular formula is C24H20N4OS. The van der Waals surface area contributed by atoms with Gasteiger partial charge in [0.15, 0.2) is 0 Å². The zero-order chi connectivity index (χ0) is 20.3. The molecule has 0 bridgehead atoms. The van der Waals surface area contributed by atoms with Gasteiger partial charge < -0.3 is 10.2 Å². The topological polar surface area (TPSA) is 58.1 Å². The number of para-hydroxylation sites is 1. The van der Waals surface area contributed by atoms with Crippen molar-refractivity contribution in [1.29, 1.82) is 0 Å². The summed E-state index contributed by atoms with van der Waals surface area (Å²) in [5.41, 5.74) is 4.81. The number of rotatable bonds is 5. The van der Waals surface area contributed by atoms with E-state index in [1.165, 1.54) is 5.56 Å². The van der Waals surface area contributed by atoms with Crippen LogP contribution in [0.25, 0.3) is 10.6 Å². The van der Waals surface area contributed by atoms with E-state index in [9.17, 15) is 4.79 Å². The Morgan fingerprint density at radius 2 is 1.87 bits per heavy atom. The average Bonchev–Trinajstić information content (AvgIpc) is 3.45. The molecule has 1 N–H and O–H groups in total. The van der Waals surface area contributed by atoms with E-state index in [-0.39, 0.29) is 5.91 Å². The van der Waals surface area contributed by atoms with Crippen LogP contribution in [0.15, 0.2) is 78.3 Å². The second-order valence-corrected chi connectivity index (χ2v) is 7.96.